The predicted octanol–water partition coefficient (Wildman–Crippen LogP) is 3.19. The van der Waals surface area contributed by atoms with Crippen molar-refractivity contribution in [2.75, 3.05) is 38.7 Å². The van der Waals surface area contributed by atoms with Crippen LogP contribution >= 0.6 is 0 Å². The van der Waals surface area contributed by atoms with E-state index in [1.807, 2.05) is 0 Å². The van der Waals surface area contributed by atoms with Crippen LogP contribution in [0.2, 0.25) is 0 Å². The molecule has 0 saturated carbocycles. The summed E-state index contributed by atoms with van der Waals surface area (Å²) in [5.74, 6) is -0.562. The lowest BCUT2D eigenvalue weighted by atomic mass is 10.0. The monoisotopic (exact) mass is 430 g/mol. The van der Waals surface area contributed by atoms with E-state index in [0.29, 0.717) is 18.8 Å². The molecule has 1 aliphatic rings. The van der Waals surface area contributed by atoms with E-state index < -0.39 is 4.92 Å². The number of anilines is 1. The second-order valence-corrected chi connectivity index (χ2v) is 7.56. The van der Waals surface area contributed by atoms with Crippen molar-refractivity contribution in [3.63, 3.8) is 0 Å². The topological polar surface area (TPSA) is 96.7 Å². The minimum absolute atomic E-state index is 0.00975. The molecule has 2 aromatic rings. The van der Waals surface area contributed by atoms with Crippen LogP contribution in [-0.4, -0.2) is 55.1 Å². The first kappa shape index (κ1) is 22.6. The van der Waals surface area contributed by atoms with Gasteiger partial charge in [-0.3, -0.25) is 19.8 Å². The van der Waals surface area contributed by atoms with Crippen LogP contribution in [-0.2, 0) is 11.3 Å². The molecule has 31 heavy (non-hydrogen) atoms. The van der Waals surface area contributed by atoms with Crippen LogP contribution in [0.25, 0.3) is 0 Å². The number of nitro benzene ring substituents is 1. The number of carbonyl (C=O) groups excluding carboxylic acids is 1. The summed E-state index contributed by atoms with van der Waals surface area (Å²) in [7, 11) is 1.55. The van der Waals surface area contributed by atoms with Gasteiger partial charge in [-0.05, 0) is 42.7 Å². The van der Waals surface area contributed by atoms with Gasteiger partial charge in [-0.2, -0.15) is 0 Å². The van der Waals surface area contributed by atoms with E-state index in [0.717, 1.165) is 38.0 Å². The van der Waals surface area contributed by atoms with E-state index in [9.17, 15) is 19.3 Å². The molecule has 1 amide bonds. The van der Waals surface area contributed by atoms with Gasteiger partial charge >= 0.3 is 0 Å². The number of nitro groups is 1. The highest BCUT2D eigenvalue weighted by Crippen LogP contribution is 2.26. The number of ether oxygens (including phenoxy) is 1. The fraction of sp³-hybridized carbons (Fsp3) is 0.409. The number of halogens is 1. The van der Waals surface area contributed by atoms with Crippen molar-refractivity contribution in [3.05, 3.63) is 69.5 Å². The first-order valence-corrected chi connectivity index (χ1v) is 10.2. The largest absolute Gasteiger partial charge is 0.383 e. The Hall–Kier alpha value is -3.04. The third-order valence-electron chi connectivity index (χ3n) is 5.32. The summed E-state index contributed by atoms with van der Waals surface area (Å²) in [5, 5.41) is 17.3. The SMILES string of the molecule is COCCNc1ccc(C(=O)NC2CCN(Cc3ccc(F)cc3)CC2)cc1[N+](=O)[O-]. The highest BCUT2D eigenvalue weighted by Gasteiger charge is 2.23. The molecular formula is C22H27FN4O4. The number of benzene rings is 2. The molecule has 0 atom stereocenters. The van der Waals surface area contributed by atoms with Gasteiger partial charge in [0, 0.05) is 51.0 Å². The van der Waals surface area contributed by atoms with Gasteiger partial charge in [-0.1, -0.05) is 12.1 Å². The molecule has 3 rings (SSSR count). The zero-order valence-corrected chi connectivity index (χ0v) is 17.5. The standard InChI is InChI=1S/C22H27FN4O4/c1-31-13-10-24-20-7-4-17(14-21(20)27(29)30)22(28)25-19-8-11-26(12-9-19)15-16-2-5-18(23)6-3-16/h2-7,14,19,24H,8-13,15H2,1H3,(H,25,28). The minimum Gasteiger partial charge on any atom is -0.383 e. The Morgan fingerprint density at radius 1 is 1.23 bits per heavy atom. The van der Waals surface area contributed by atoms with Crippen LogP contribution in [0.3, 0.4) is 0 Å². The Kier molecular flexibility index (Phi) is 7.91. The third-order valence-corrected chi connectivity index (χ3v) is 5.32. The van der Waals surface area contributed by atoms with E-state index in [1.165, 1.54) is 18.2 Å². The maximum absolute atomic E-state index is 13.0. The summed E-state index contributed by atoms with van der Waals surface area (Å²) >= 11 is 0. The van der Waals surface area contributed by atoms with Crippen LogP contribution in [0.15, 0.2) is 42.5 Å². The molecule has 9 heteroatoms. The van der Waals surface area contributed by atoms with Crippen molar-refractivity contribution in [3.8, 4) is 0 Å². The highest BCUT2D eigenvalue weighted by molar-refractivity contribution is 5.96. The predicted molar refractivity (Wildman–Crippen MR) is 116 cm³/mol. The molecule has 0 aliphatic carbocycles. The summed E-state index contributed by atoms with van der Waals surface area (Å²) < 4.78 is 18.0. The molecule has 1 saturated heterocycles. The number of piperidine rings is 1. The molecule has 1 fully saturated rings. The molecule has 0 bridgehead atoms. The van der Waals surface area contributed by atoms with E-state index in [2.05, 4.69) is 15.5 Å². The number of hydrogen-bond donors (Lipinski definition) is 2. The van der Waals surface area contributed by atoms with Crippen molar-refractivity contribution in [1.29, 1.82) is 0 Å². The van der Waals surface area contributed by atoms with Gasteiger partial charge in [0.05, 0.1) is 11.5 Å². The van der Waals surface area contributed by atoms with Crippen LogP contribution in [0.1, 0.15) is 28.8 Å². The van der Waals surface area contributed by atoms with Crippen molar-refractivity contribution < 1.29 is 18.8 Å². The number of nitrogens with zero attached hydrogens (tertiary/aromatic N) is 2. The molecule has 0 radical (unpaired) electrons. The molecule has 0 unspecified atom stereocenters. The molecule has 0 aromatic heterocycles. The quantitative estimate of drug-likeness (QED) is 0.360. The Morgan fingerprint density at radius 3 is 2.58 bits per heavy atom. The third kappa shape index (κ3) is 6.47. The number of nitrogens with one attached hydrogen (secondary N) is 2. The van der Waals surface area contributed by atoms with Crippen LogP contribution < -0.4 is 10.6 Å². The smallest absolute Gasteiger partial charge is 0.293 e. The number of methoxy groups -OCH3 is 1. The average molecular weight is 430 g/mol. The van der Waals surface area contributed by atoms with Gasteiger partial charge < -0.3 is 15.4 Å². The fourth-order valence-corrected chi connectivity index (χ4v) is 3.61. The summed E-state index contributed by atoms with van der Waals surface area (Å²) in [5.41, 5.74) is 1.53. The van der Waals surface area contributed by atoms with Crippen molar-refractivity contribution in [2.24, 2.45) is 0 Å². The van der Waals surface area contributed by atoms with E-state index in [-0.39, 0.29) is 29.0 Å². The van der Waals surface area contributed by atoms with Gasteiger partial charge in [0.2, 0.25) is 0 Å². The zero-order chi connectivity index (χ0) is 22.2. The molecule has 8 nitrogen and oxygen atoms in total. The van der Waals surface area contributed by atoms with E-state index in [4.69, 9.17) is 4.74 Å². The van der Waals surface area contributed by atoms with Crippen molar-refractivity contribution in [2.45, 2.75) is 25.4 Å². The molecule has 1 aliphatic heterocycles. The van der Waals surface area contributed by atoms with Gasteiger partial charge in [0.25, 0.3) is 11.6 Å². The van der Waals surface area contributed by atoms with Crippen molar-refractivity contribution >= 4 is 17.3 Å². The lowest BCUT2D eigenvalue weighted by molar-refractivity contribution is -0.384. The van der Waals surface area contributed by atoms with Crippen LogP contribution in [0, 0.1) is 15.9 Å². The molecule has 0 spiro atoms. The second-order valence-electron chi connectivity index (χ2n) is 7.56. The maximum atomic E-state index is 13.0. The lowest BCUT2D eigenvalue weighted by Crippen LogP contribution is -2.44. The number of carbonyl (C=O) groups is 1. The molecule has 2 aromatic carbocycles. The van der Waals surface area contributed by atoms with Gasteiger partial charge in [-0.25, -0.2) is 4.39 Å². The highest BCUT2D eigenvalue weighted by atomic mass is 19.1. The number of amides is 1. The maximum Gasteiger partial charge on any atom is 0.293 e. The summed E-state index contributed by atoms with van der Waals surface area (Å²) in [6.45, 7) is 3.21. The first-order valence-electron chi connectivity index (χ1n) is 10.2. The van der Waals surface area contributed by atoms with E-state index in [1.54, 1.807) is 31.4 Å². The second kappa shape index (κ2) is 10.8. The molecular weight excluding hydrogens is 403 g/mol. The molecule has 1 heterocycles. The Balaban J connectivity index is 1.53. The summed E-state index contributed by atoms with van der Waals surface area (Å²) in [6, 6.07) is 10.9. The molecule has 166 valence electrons. The minimum atomic E-state index is -0.500. The lowest BCUT2D eigenvalue weighted by Gasteiger charge is -2.32. The van der Waals surface area contributed by atoms with Gasteiger partial charge in [0.1, 0.15) is 11.5 Å². The van der Waals surface area contributed by atoms with Crippen LogP contribution in [0.5, 0.6) is 0 Å². The molecule has 2 N–H and O–H groups in total. The first-order chi connectivity index (χ1) is 15.0. The Bertz CT molecular complexity index is 899. The van der Waals surface area contributed by atoms with Gasteiger partial charge in [0.15, 0.2) is 0 Å². The summed E-state index contributed by atoms with van der Waals surface area (Å²) in [4.78, 5) is 25.8. The fourth-order valence-electron chi connectivity index (χ4n) is 3.61. The summed E-state index contributed by atoms with van der Waals surface area (Å²) in [6.07, 6.45) is 1.57. The number of hydrogen-bond acceptors (Lipinski definition) is 6. The Morgan fingerprint density at radius 2 is 1.94 bits per heavy atom. The van der Waals surface area contributed by atoms with Gasteiger partial charge in [-0.15, -0.1) is 0 Å². The Labute approximate surface area is 180 Å². The van der Waals surface area contributed by atoms with Crippen LogP contribution in [0.4, 0.5) is 15.8 Å². The van der Waals surface area contributed by atoms with E-state index >= 15 is 0 Å². The average Bonchev–Trinajstić information content (AvgIpc) is 2.77. The number of rotatable bonds is 9. The normalized spacial score (nSPS) is 14.9. The number of likely N-dealkylation sites (tertiary alicyclic amines) is 1. The zero-order valence-electron chi connectivity index (χ0n) is 17.5. The van der Waals surface area contributed by atoms with Crippen molar-refractivity contribution in [1.82, 2.24) is 10.2 Å².